The number of nitro benzene ring substituents is 1. The first-order chi connectivity index (χ1) is 15.0. The van der Waals surface area contributed by atoms with Crippen LogP contribution in [0, 0.1) is 16.0 Å². The second-order valence-electron chi connectivity index (χ2n) is 7.96. The number of thioether (sulfide) groups is 1. The smallest absolute Gasteiger partial charge is 0.326 e. The first kappa shape index (κ1) is 20.2. The van der Waals surface area contributed by atoms with E-state index in [-0.39, 0.29) is 28.2 Å². The number of anilines is 1. The monoisotopic (exact) mass is 454 g/mol. The minimum absolute atomic E-state index is 0.0463. The molecule has 3 aromatic rings. The summed E-state index contributed by atoms with van der Waals surface area (Å²) in [6, 6.07) is 17.8. The van der Waals surface area contributed by atoms with Crippen LogP contribution < -0.4 is 5.32 Å². The molecule has 2 N–H and O–H groups in total. The van der Waals surface area contributed by atoms with Gasteiger partial charge in [0.25, 0.3) is 5.69 Å². The largest absolute Gasteiger partial charge is 0.480 e. The minimum atomic E-state index is -0.908. The van der Waals surface area contributed by atoms with Crippen LogP contribution >= 0.6 is 23.4 Å². The maximum atomic E-state index is 12.1. The summed E-state index contributed by atoms with van der Waals surface area (Å²) in [6.45, 7) is 0. The van der Waals surface area contributed by atoms with E-state index in [4.69, 9.17) is 11.6 Å². The third-order valence-corrected chi connectivity index (χ3v) is 8.43. The molecule has 5 atom stereocenters. The molecule has 6 nitrogen and oxygen atoms in total. The lowest BCUT2D eigenvalue weighted by atomic mass is 9.77. The van der Waals surface area contributed by atoms with Crippen molar-refractivity contribution < 1.29 is 14.8 Å². The van der Waals surface area contributed by atoms with E-state index in [9.17, 15) is 20.0 Å². The number of benzene rings is 3. The zero-order valence-electron chi connectivity index (χ0n) is 16.3. The number of nitrogens with zero attached hydrogens (tertiary/aromatic N) is 1. The van der Waals surface area contributed by atoms with Crippen molar-refractivity contribution in [2.24, 2.45) is 5.92 Å². The van der Waals surface area contributed by atoms with E-state index in [0.29, 0.717) is 11.3 Å². The fourth-order valence-electron chi connectivity index (χ4n) is 5.01. The molecule has 2 aliphatic rings. The maximum Gasteiger partial charge on any atom is 0.326 e. The molecule has 0 unspecified atom stereocenters. The molecule has 5 rings (SSSR count). The molecular weight excluding hydrogens is 436 g/mol. The van der Waals surface area contributed by atoms with Crippen LogP contribution in [-0.4, -0.2) is 32.7 Å². The van der Waals surface area contributed by atoms with Gasteiger partial charge in [-0.2, -0.15) is 0 Å². The molecule has 1 fully saturated rings. The summed E-state index contributed by atoms with van der Waals surface area (Å²) in [5, 5.41) is 26.2. The lowest BCUT2D eigenvalue weighted by Crippen LogP contribution is -2.42. The van der Waals surface area contributed by atoms with Gasteiger partial charge in [0.15, 0.2) is 0 Å². The Labute approximate surface area is 187 Å². The van der Waals surface area contributed by atoms with Gasteiger partial charge in [-0.25, -0.2) is 4.79 Å². The first-order valence-electron chi connectivity index (χ1n) is 10.0. The highest BCUT2D eigenvalue weighted by Gasteiger charge is 2.52. The minimum Gasteiger partial charge on any atom is -0.480 e. The fraction of sp³-hybridized carbons (Fsp3) is 0.261. The molecule has 0 spiro atoms. The molecule has 1 saturated carbocycles. The third-order valence-electron chi connectivity index (χ3n) is 6.31. The normalized spacial score (nSPS) is 26.7. The second kappa shape index (κ2) is 7.73. The average molecular weight is 455 g/mol. The number of hydrogen-bond acceptors (Lipinski definition) is 5. The summed E-state index contributed by atoms with van der Waals surface area (Å²) in [6.07, 6.45) is 0.558. The molecule has 158 valence electrons. The predicted octanol–water partition coefficient (Wildman–Crippen LogP) is 5.50. The van der Waals surface area contributed by atoms with Gasteiger partial charge in [0.1, 0.15) is 6.04 Å². The maximum absolute atomic E-state index is 12.1. The molecule has 1 heterocycles. The topological polar surface area (TPSA) is 92.5 Å². The van der Waals surface area contributed by atoms with Gasteiger partial charge in [0, 0.05) is 22.9 Å². The van der Waals surface area contributed by atoms with E-state index in [1.807, 2.05) is 36.4 Å². The molecule has 0 radical (unpaired) electrons. The fourth-order valence-corrected chi connectivity index (χ4v) is 6.95. The molecule has 1 aliphatic heterocycles. The summed E-state index contributed by atoms with van der Waals surface area (Å²) < 4.78 is 0. The van der Waals surface area contributed by atoms with Gasteiger partial charge in [-0.3, -0.25) is 10.1 Å². The van der Waals surface area contributed by atoms with E-state index in [2.05, 4.69) is 5.32 Å². The van der Waals surface area contributed by atoms with Crippen molar-refractivity contribution in [3.8, 4) is 0 Å². The van der Waals surface area contributed by atoms with Crippen molar-refractivity contribution in [3.63, 3.8) is 0 Å². The molecule has 0 aromatic heterocycles. The lowest BCUT2D eigenvalue weighted by Gasteiger charge is -2.36. The summed E-state index contributed by atoms with van der Waals surface area (Å²) in [5.74, 6) is -1.28. The first-order valence-corrected chi connectivity index (χ1v) is 11.3. The molecule has 3 aromatic carbocycles. The number of carboxylic acids is 1. The Bertz CT molecular complexity index is 1200. The Hall–Kier alpha value is -2.77. The average Bonchev–Trinajstić information content (AvgIpc) is 3.09. The van der Waals surface area contributed by atoms with Gasteiger partial charge in [0.2, 0.25) is 0 Å². The third kappa shape index (κ3) is 3.32. The molecular formula is C23H19ClN2O4S. The van der Waals surface area contributed by atoms with Crippen LogP contribution in [0.3, 0.4) is 0 Å². The second-order valence-corrected chi connectivity index (χ2v) is 9.74. The number of para-hydroxylation sites is 1. The number of carboxylic acid groups (broad SMARTS) is 1. The highest BCUT2D eigenvalue weighted by atomic mass is 35.5. The van der Waals surface area contributed by atoms with Crippen molar-refractivity contribution >= 4 is 51.5 Å². The standard InChI is InChI=1S/C23H19ClN2O4S/c24-21-18(31-17-8-4-3-7-16(17)26(29)30)11-14-20(21)19-13-6-2-1-5-12(13)9-10-15(19)25-22(14)23(27)28/h1-10,14,18,20-22,25H,11H2,(H,27,28)/t14-,18-,20-,21-,22-/m1/s1. The molecule has 0 amide bonds. The highest BCUT2D eigenvalue weighted by molar-refractivity contribution is 8.00. The molecule has 0 saturated heterocycles. The Balaban J connectivity index is 1.58. The van der Waals surface area contributed by atoms with E-state index >= 15 is 0 Å². The van der Waals surface area contributed by atoms with E-state index < -0.39 is 16.9 Å². The molecule has 1 aliphatic carbocycles. The number of fused-ring (bicyclic) bond motifs is 5. The van der Waals surface area contributed by atoms with Crippen LogP contribution in [0.15, 0.2) is 65.6 Å². The quantitative estimate of drug-likeness (QED) is 0.307. The number of carbonyl (C=O) groups is 1. The Morgan fingerprint density at radius 2 is 1.87 bits per heavy atom. The van der Waals surface area contributed by atoms with Crippen molar-refractivity contribution in [3.05, 3.63) is 76.3 Å². The summed E-state index contributed by atoms with van der Waals surface area (Å²) >= 11 is 8.40. The summed E-state index contributed by atoms with van der Waals surface area (Å²) in [5.41, 5.74) is 1.89. The van der Waals surface area contributed by atoms with Crippen molar-refractivity contribution in [1.29, 1.82) is 0 Å². The summed E-state index contributed by atoms with van der Waals surface area (Å²) in [4.78, 5) is 23.7. The van der Waals surface area contributed by atoms with Gasteiger partial charge < -0.3 is 10.4 Å². The number of alkyl halides is 1. The Morgan fingerprint density at radius 1 is 1.13 bits per heavy atom. The van der Waals surface area contributed by atoms with Crippen molar-refractivity contribution in [1.82, 2.24) is 0 Å². The van der Waals surface area contributed by atoms with Gasteiger partial charge in [0.05, 0.1) is 15.2 Å². The van der Waals surface area contributed by atoms with Gasteiger partial charge in [-0.05, 0) is 40.8 Å². The van der Waals surface area contributed by atoms with Crippen molar-refractivity contribution in [2.75, 3.05) is 5.32 Å². The Morgan fingerprint density at radius 3 is 2.65 bits per heavy atom. The van der Waals surface area contributed by atoms with Crippen LogP contribution in [0.1, 0.15) is 17.9 Å². The molecule has 0 bridgehead atoms. The summed E-state index contributed by atoms with van der Waals surface area (Å²) in [7, 11) is 0. The number of nitro groups is 1. The number of hydrogen-bond donors (Lipinski definition) is 2. The van der Waals surface area contributed by atoms with Crippen LogP contribution in [0.25, 0.3) is 10.8 Å². The van der Waals surface area contributed by atoms with Crippen LogP contribution in [0.2, 0.25) is 0 Å². The van der Waals surface area contributed by atoms with Crippen molar-refractivity contribution in [2.45, 2.75) is 33.9 Å². The highest BCUT2D eigenvalue weighted by Crippen LogP contribution is 2.56. The number of halogens is 1. The molecule has 8 heteroatoms. The number of nitrogens with one attached hydrogen (secondary N) is 1. The van der Waals surface area contributed by atoms with Gasteiger partial charge in [-0.1, -0.05) is 42.5 Å². The predicted molar refractivity (Wildman–Crippen MR) is 122 cm³/mol. The lowest BCUT2D eigenvalue weighted by molar-refractivity contribution is -0.387. The van der Waals surface area contributed by atoms with E-state index in [1.165, 1.54) is 17.8 Å². The van der Waals surface area contributed by atoms with Crippen LogP contribution in [-0.2, 0) is 4.79 Å². The number of aliphatic carboxylic acids is 1. The van der Waals surface area contributed by atoms with Crippen LogP contribution in [0.5, 0.6) is 0 Å². The molecule has 31 heavy (non-hydrogen) atoms. The SMILES string of the molecule is O=C(O)[C@@H]1Nc2ccc3ccccc3c2[C@@H]2[C@H](Cl)[C@H](Sc3ccccc3[N+](=O)[O-])C[C@H]21. The zero-order valence-corrected chi connectivity index (χ0v) is 17.8. The number of rotatable bonds is 4. The van der Waals surface area contributed by atoms with Crippen LogP contribution in [0.4, 0.5) is 11.4 Å². The van der Waals surface area contributed by atoms with E-state index in [1.54, 1.807) is 18.2 Å². The Kier molecular flexibility index (Phi) is 5.02. The van der Waals surface area contributed by atoms with Gasteiger partial charge >= 0.3 is 5.97 Å². The zero-order chi connectivity index (χ0) is 21.7. The van der Waals surface area contributed by atoms with Gasteiger partial charge in [-0.15, -0.1) is 23.4 Å². The van der Waals surface area contributed by atoms with E-state index in [0.717, 1.165) is 22.0 Å².